The number of anilines is 1. The maximum Gasteiger partial charge on any atom is 0.238 e. The molecule has 116 valence electrons. The Bertz CT molecular complexity index is 498. The van der Waals surface area contributed by atoms with Gasteiger partial charge in [-0.05, 0) is 32.9 Å². The van der Waals surface area contributed by atoms with Gasteiger partial charge in [-0.2, -0.15) is 0 Å². The molecule has 2 amide bonds. The number of halogens is 1. The standard InChI is InChI=1S/C15H22FN3O2/c1-15(2,3)19-13(20)8-9-17-10-14(21)18-12-7-5-4-6-11(12)16/h4-7,17H,8-10H2,1-3H3,(H,18,21)(H,19,20). The van der Waals surface area contributed by atoms with Crippen LogP contribution in [0.5, 0.6) is 0 Å². The van der Waals surface area contributed by atoms with E-state index in [-0.39, 0.29) is 36.0 Å². The number of carbonyl (C=O) groups excluding carboxylic acids is 2. The van der Waals surface area contributed by atoms with E-state index < -0.39 is 5.82 Å². The van der Waals surface area contributed by atoms with E-state index in [0.717, 1.165) is 0 Å². The summed E-state index contributed by atoms with van der Waals surface area (Å²) in [7, 11) is 0. The minimum absolute atomic E-state index is 0.0249. The molecule has 3 N–H and O–H groups in total. The first-order chi connectivity index (χ1) is 9.78. The molecule has 0 unspecified atom stereocenters. The SMILES string of the molecule is CC(C)(C)NC(=O)CCNCC(=O)Nc1ccccc1F. The maximum absolute atomic E-state index is 13.3. The minimum Gasteiger partial charge on any atom is -0.351 e. The maximum atomic E-state index is 13.3. The third kappa shape index (κ3) is 7.41. The Kier molecular flexibility index (Phi) is 6.30. The zero-order valence-corrected chi connectivity index (χ0v) is 12.6. The lowest BCUT2D eigenvalue weighted by atomic mass is 10.1. The van der Waals surface area contributed by atoms with Crippen LogP contribution in [0, 0.1) is 5.82 Å². The third-order valence-electron chi connectivity index (χ3n) is 2.48. The first-order valence-electron chi connectivity index (χ1n) is 6.84. The summed E-state index contributed by atoms with van der Waals surface area (Å²) >= 11 is 0. The first-order valence-corrected chi connectivity index (χ1v) is 6.84. The second-order valence-corrected chi connectivity index (χ2v) is 5.75. The number of carbonyl (C=O) groups is 2. The zero-order chi connectivity index (χ0) is 15.9. The molecular weight excluding hydrogens is 273 g/mol. The fourth-order valence-corrected chi connectivity index (χ4v) is 1.64. The van der Waals surface area contributed by atoms with Gasteiger partial charge in [-0.3, -0.25) is 9.59 Å². The molecular formula is C15H22FN3O2. The van der Waals surface area contributed by atoms with Gasteiger partial charge in [0, 0.05) is 18.5 Å². The van der Waals surface area contributed by atoms with E-state index in [9.17, 15) is 14.0 Å². The van der Waals surface area contributed by atoms with Crippen LogP contribution in [0.25, 0.3) is 0 Å². The molecule has 0 spiro atoms. The van der Waals surface area contributed by atoms with Crippen LogP contribution in [0.4, 0.5) is 10.1 Å². The number of rotatable bonds is 6. The lowest BCUT2D eigenvalue weighted by molar-refractivity contribution is -0.122. The summed E-state index contributed by atoms with van der Waals surface area (Å²) in [5.41, 5.74) is -0.117. The molecule has 1 aromatic rings. The highest BCUT2D eigenvalue weighted by Gasteiger charge is 2.13. The monoisotopic (exact) mass is 295 g/mol. The lowest BCUT2D eigenvalue weighted by Crippen LogP contribution is -2.42. The molecule has 1 rings (SSSR count). The average Bonchev–Trinajstić information content (AvgIpc) is 2.35. The molecule has 0 atom stereocenters. The molecule has 0 saturated heterocycles. The second kappa shape index (κ2) is 7.73. The van der Waals surface area contributed by atoms with Crippen molar-refractivity contribution in [2.45, 2.75) is 32.7 Å². The molecule has 0 aliphatic rings. The van der Waals surface area contributed by atoms with Gasteiger partial charge in [-0.1, -0.05) is 12.1 Å². The van der Waals surface area contributed by atoms with Crippen LogP contribution in [0.1, 0.15) is 27.2 Å². The van der Waals surface area contributed by atoms with Crippen molar-refractivity contribution in [3.05, 3.63) is 30.1 Å². The van der Waals surface area contributed by atoms with Gasteiger partial charge < -0.3 is 16.0 Å². The lowest BCUT2D eigenvalue weighted by Gasteiger charge is -2.20. The quantitative estimate of drug-likeness (QED) is 0.699. The predicted molar refractivity (Wildman–Crippen MR) is 80.4 cm³/mol. The molecule has 0 aromatic heterocycles. The predicted octanol–water partition coefficient (Wildman–Crippen LogP) is 1.66. The Morgan fingerprint density at radius 2 is 1.81 bits per heavy atom. The van der Waals surface area contributed by atoms with Crippen LogP contribution in [0.3, 0.4) is 0 Å². The van der Waals surface area contributed by atoms with Gasteiger partial charge in [-0.25, -0.2) is 4.39 Å². The summed E-state index contributed by atoms with van der Waals surface area (Å²) in [5, 5.41) is 8.13. The Hall–Kier alpha value is -1.95. The Labute approximate surface area is 124 Å². The highest BCUT2D eigenvalue weighted by Crippen LogP contribution is 2.11. The molecule has 0 fully saturated rings. The normalized spacial score (nSPS) is 11.0. The molecule has 6 heteroatoms. The smallest absolute Gasteiger partial charge is 0.238 e. The van der Waals surface area contributed by atoms with E-state index >= 15 is 0 Å². The highest BCUT2D eigenvalue weighted by molar-refractivity contribution is 5.92. The summed E-state index contributed by atoms with van der Waals surface area (Å²) in [6.45, 7) is 6.12. The van der Waals surface area contributed by atoms with Crippen molar-refractivity contribution in [3.8, 4) is 0 Å². The van der Waals surface area contributed by atoms with E-state index in [1.165, 1.54) is 12.1 Å². The summed E-state index contributed by atoms with van der Waals surface area (Å²) in [6, 6.07) is 5.96. The van der Waals surface area contributed by atoms with Crippen molar-refractivity contribution >= 4 is 17.5 Å². The van der Waals surface area contributed by atoms with Gasteiger partial charge in [0.2, 0.25) is 11.8 Å². The molecule has 0 saturated carbocycles. The van der Waals surface area contributed by atoms with E-state index in [4.69, 9.17) is 0 Å². The second-order valence-electron chi connectivity index (χ2n) is 5.75. The largest absolute Gasteiger partial charge is 0.351 e. The summed E-state index contributed by atoms with van der Waals surface area (Å²) in [5.74, 6) is -0.906. The minimum atomic E-state index is -0.476. The zero-order valence-electron chi connectivity index (χ0n) is 12.6. The van der Waals surface area contributed by atoms with Crippen molar-refractivity contribution < 1.29 is 14.0 Å². The summed E-state index contributed by atoms with van der Waals surface area (Å²) in [6.07, 6.45) is 0.282. The number of hydrogen-bond acceptors (Lipinski definition) is 3. The highest BCUT2D eigenvalue weighted by atomic mass is 19.1. The number of amides is 2. The number of benzene rings is 1. The Balaban J connectivity index is 2.23. The fraction of sp³-hybridized carbons (Fsp3) is 0.467. The van der Waals surface area contributed by atoms with Crippen molar-refractivity contribution in [1.29, 1.82) is 0 Å². The Morgan fingerprint density at radius 1 is 1.14 bits per heavy atom. The Morgan fingerprint density at radius 3 is 2.43 bits per heavy atom. The van der Waals surface area contributed by atoms with Gasteiger partial charge in [-0.15, -0.1) is 0 Å². The van der Waals surface area contributed by atoms with E-state index in [0.29, 0.717) is 6.54 Å². The van der Waals surface area contributed by atoms with Gasteiger partial charge >= 0.3 is 0 Å². The van der Waals surface area contributed by atoms with Crippen LogP contribution in [-0.4, -0.2) is 30.4 Å². The fourth-order valence-electron chi connectivity index (χ4n) is 1.64. The average molecular weight is 295 g/mol. The van der Waals surface area contributed by atoms with E-state index in [1.54, 1.807) is 12.1 Å². The molecule has 21 heavy (non-hydrogen) atoms. The van der Waals surface area contributed by atoms with Crippen LogP contribution in [0.15, 0.2) is 24.3 Å². The van der Waals surface area contributed by atoms with Gasteiger partial charge in [0.05, 0.1) is 12.2 Å². The molecule has 0 heterocycles. The van der Waals surface area contributed by atoms with Gasteiger partial charge in [0.25, 0.3) is 0 Å². The molecule has 0 aliphatic carbocycles. The van der Waals surface area contributed by atoms with E-state index in [1.807, 2.05) is 20.8 Å². The topological polar surface area (TPSA) is 70.2 Å². The van der Waals surface area contributed by atoms with Gasteiger partial charge in [0.15, 0.2) is 0 Å². The van der Waals surface area contributed by atoms with Crippen molar-refractivity contribution in [2.75, 3.05) is 18.4 Å². The van der Waals surface area contributed by atoms with E-state index in [2.05, 4.69) is 16.0 Å². The van der Waals surface area contributed by atoms with Crippen LogP contribution < -0.4 is 16.0 Å². The summed E-state index contributed by atoms with van der Waals surface area (Å²) < 4.78 is 13.3. The van der Waals surface area contributed by atoms with Gasteiger partial charge in [0.1, 0.15) is 5.82 Å². The number of nitrogens with one attached hydrogen (secondary N) is 3. The molecule has 5 nitrogen and oxygen atoms in total. The molecule has 1 aromatic carbocycles. The number of hydrogen-bond donors (Lipinski definition) is 3. The van der Waals surface area contributed by atoms with Crippen LogP contribution in [-0.2, 0) is 9.59 Å². The molecule has 0 bridgehead atoms. The first kappa shape index (κ1) is 17.1. The summed E-state index contributed by atoms with van der Waals surface area (Å²) in [4.78, 5) is 23.1. The van der Waals surface area contributed by atoms with Crippen molar-refractivity contribution in [1.82, 2.24) is 10.6 Å². The number of para-hydroxylation sites is 1. The third-order valence-corrected chi connectivity index (χ3v) is 2.48. The van der Waals surface area contributed by atoms with Crippen LogP contribution >= 0.6 is 0 Å². The molecule has 0 aliphatic heterocycles. The molecule has 0 radical (unpaired) electrons. The van der Waals surface area contributed by atoms with Crippen molar-refractivity contribution in [2.24, 2.45) is 0 Å². The van der Waals surface area contributed by atoms with Crippen LogP contribution in [0.2, 0.25) is 0 Å². The van der Waals surface area contributed by atoms with Crippen molar-refractivity contribution in [3.63, 3.8) is 0 Å².